The van der Waals surface area contributed by atoms with E-state index in [0.717, 1.165) is 22.5 Å². The lowest BCUT2D eigenvalue weighted by Gasteiger charge is -2.13. The van der Waals surface area contributed by atoms with Crippen molar-refractivity contribution in [2.45, 2.75) is 27.3 Å². The van der Waals surface area contributed by atoms with Crippen LogP contribution in [0.2, 0.25) is 0 Å². The molecule has 0 saturated carbocycles. The van der Waals surface area contributed by atoms with Crippen LogP contribution in [0.15, 0.2) is 42.7 Å². The molecule has 0 bridgehead atoms. The Bertz CT molecular complexity index is 809. The summed E-state index contributed by atoms with van der Waals surface area (Å²) in [6, 6.07) is 10.1. The van der Waals surface area contributed by atoms with Crippen molar-refractivity contribution in [2.75, 3.05) is 10.6 Å². The first-order valence-electron chi connectivity index (χ1n) is 7.80. The highest BCUT2D eigenvalue weighted by atomic mass is 15.3. The molecule has 0 amide bonds. The fourth-order valence-electron chi connectivity index (χ4n) is 2.61. The van der Waals surface area contributed by atoms with E-state index in [4.69, 9.17) is 0 Å². The average molecular weight is 320 g/mol. The van der Waals surface area contributed by atoms with Crippen LogP contribution in [0.3, 0.4) is 0 Å². The molecule has 3 aromatic rings. The lowest BCUT2D eigenvalue weighted by molar-refractivity contribution is 0.954. The van der Waals surface area contributed by atoms with Crippen LogP contribution in [0.4, 0.5) is 17.5 Å². The van der Waals surface area contributed by atoms with Gasteiger partial charge in [0.2, 0.25) is 5.95 Å². The zero-order valence-electron chi connectivity index (χ0n) is 14.0. The summed E-state index contributed by atoms with van der Waals surface area (Å²) in [7, 11) is 0. The van der Waals surface area contributed by atoms with Crippen molar-refractivity contribution >= 4 is 17.5 Å². The quantitative estimate of drug-likeness (QED) is 0.749. The van der Waals surface area contributed by atoms with E-state index in [0.29, 0.717) is 18.3 Å². The smallest absolute Gasteiger partial charge is 0.249 e. The van der Waals surface area contributed by atoms with Gasteiger partial charge in [0.05, 0.1) is 18.4 Å². The molecule has 2 heterocycles. The van der Waals surface area contributed by atoms with E-state index in [1.54, 1.807) is 12.4 Å². The van der Waals surface area contributed by atoms with Crippen molar-refractivity contribution in [2.24, 2.45) is 0 Å². The Kier molecular flexibility index (Phi) is 4.65. The van der Waals surface area contributed by atoms with Gasteiger partial charge in [-0.15, -0.1) is 5.10 Å². The number of benzene rings is 1. The van der Waals surface area contributed by atoms with Crippen molar-refractivity contribution in [1.82, 2.24) is 20.2 Å². The number of nitrogens with one attached hydrogen (secondary N) is 2. The highest BCUT2D eigenvalue weighted by Gasteiger charge is 2.07. The maximum absolute atomic E-state index is 4.46. The zero-order valence-corrected chi connectivity index (χ0v) is 14.0. The molecule has 6 nitrogen and oxygen atoms in total. The van der Waals surface area contributed by atoms with E-state index >= 15 is 0 Å². The first-order chi connectivity index (χ1) is 11.6. The Morgan fingerprint density at radius 3 is 2.54 bits per heavy atom. The Labute approximate surface area is 141 Å². The summed E-state index contributed by atoms with van der Waals surface area (Å²) in [6.45, 7) is 6.81. The van der Waals surface area contributed by atoms with Gasteiger partial charge < -0.3 is 10.6 Å². The van der Waals surface area contributed by atoms with Gasteiger partial charge >= 0.3 is 0 Å². The summed E-state index contributed by atoms with van der Waals surface area (Å²) in [5.74, 6) is 1.12. The predicted molar refractivity (Wildman–Crippen MR) is 95.3 cm³/mol. The summed E-state index contributed by atoms with van der Waals surface area (Å²) in [5.41, 5.74) is 5.51. The molecule has 0 radical (unpaired) electrons. The molecule has 3 rings (SSSR count). The number of anilines is 3. The van der Waals surface area contributed by atoms with Gasteiger partial charge in [0.15, 0.2) is 5.82 Å². The molecule has 2 N–H and O–H groups in total. The highest BCUT2D eigenvalue weighted by Crippen LogP contribution is 2.24. The number of aryl methyl sites for hydroxylation is 3. The molecule has 2 aromatic heterocycles. The molecule has 0 saturated heterocycles. The third-order valence-electron chi connectivity index (χ3n) is 3.65. The number of hydrogen-bond donors (Lipinski definition) is 2. The van der Waals surface area contributed by atoms with E-state index in [9.17, 15) is 0 Å². The van der Waals surface area contributed by atoms with Crippen molar-refractivity contribution < 1.29 is 0 Å². The predicted octanol–water partition coefficient (Wildman–Crippen LogP) is 3.55. The van der Waals surface area contributed by atoms with Crippen LogP contribution < -0.4 is 10.6 Å². The maximum atomic E-state index is 4.46. The summed E-state index contributed by atoms with van der Waals surface area (Å²) in [4.78, 5) is 8.74. The van der Waals surface area contributed by atoms with Crippen LogP contribution in [0.25, 0.3) is 0 Å². The van der Waals surface area contributed by atoms with Crippen molar-refractivity contribution in [1.29, 1.82) is 0 Å². The Hall–Kier alpha value is -3.02. The Morgan fingerprint density at radius 2 is 1.83 bits per heavy atom. The third kappa shape index (κ3) is 3.84. The van der Waals surface area contributed by atoms with E-state index in [2.05, 4.69) is 63.7 Å². The minimum absolute atomic E-state index is 0.469. The minimum atomic E-state index is 0.469. The van der Waals surface area contributed by atoms with E-state index in [-0.39, 0.29) is 0 Å². The number of rotatable bonds is 5. The second kappa shape index (κ2) is 7.04. The summed E-state index contributed by atoms with van der Waals surface area (Å²) >= 11 is 0. The second-order valence-corrected chi connectivity index (χ2v) is 5.74. The van der Waals surface area contributed by atoms with Crippen molar-refractivity contribution in [3.05, 3.63) is 65.1 Å². The van der Waals surface area contributed by atoms with Crippen LogP contribution >= 0.6 is 0 Å². The first-order valence-corrected chi connectivity index (χ1v) is 7.80. The molecule has 122 valence electrons. The molecule has 6 heteroatoms. The summed E-state index contributed by atoms with van der Waals surface area (Å²) < 4.78 is 0. The van der Waals surface area contributed by atoms with Gasteiger partial charge in [-0.2, -0.15) is 10.1 Å². The van der Waals surface area contributed by atoms with Gasteiger partial charge in [-0.1, -0.05) is 23.8 Å². The average Bonchev–Trinajstić information content (AvgIpc) is 2.58. The van der Waals surface area contributed by atoms with Gasteiger partial charge in [-0.3, -0.25) is 4.98 Å². The molecule has 0 spiro atoms. The molecular weight excluding hydrogens is 300 g/mol. The Morgan fingerprint density at radius 1 is 1.04 bits per heavy atom. The fourth-order valence-corrected chi connectivity index (χ4v) is 2.61. The van der Waals surface area contributed by atoms with Crippen LogP contribution in [0.5, 0.6) is 0 Å². The number of hydrogen-bond acceptors (Lipinski definition) is 6. The van der Waals surface area contributed by atoms with Gasteiger partial charge in [0.1, 0.15) is 0 Å². The van der Waals surface area contributed by atoms with Crippen LogP contribution in [0, 0.1) is 20.8 Å². The van der Waals surface area contributed by atoms with E-state index < -0.39 is 0 Å². The molecular formula is C18H20N6. The number of pyridine rings is 1. The molecule has 0 fully saturated rings. The largest absolute Gasteiger partial charge is 0.363 e. The number of aromatic nitrogens is 4. The lowest BCUT2D eigenvalue weighted by atomic mass is 10.1. The van der Waals surface area contributed by atoms with Crippen molar-refractivity contribution in [3.63, 3.8) is 0 Å². The number of nitrogens with zero attached hydrogens (tertiary/aromatic N) is 4. The molecule has 0 aliphatic rings. The third-order valence-corrected chi connectivity index (χ3v) is 3.65. The van der Waals surface area contributed by atoms with E-state index in [1.165, 1.54) is 5.56 Å². The lowest BCUT2D eigenvalue weighted by Crippen LogP contribution is -2.07. The van der Waals surface area contributed by atoms with Gasteiger partial charge in [-0.25, -0.2) is 0 Å². The van der Waals surface area contributed by atoms with Gasteiger partial charge in [-0.05, 0) is 44.0 Å². The standard InChI is InChI=1S/C18H20N6/c1-12-8-13(2)17(14(3)9-12)23-18-22-16(11-21-24-18)20-10-15-6-4-5-7-19-15/h4-9,11H,10H2,1-3H3,(H2,20,22,23,24). The fraction of sp³-hybridized carbons (Fsp3) is 0.222. The Balaban J connectivity index is 1.74. The molecule has 24 heavy (non-hydrogen) atoms. The summed E-state index contributed by atoms with van der Waals surface area (Å²) in [5, 5.41) is 14.6. The zero-order chi connectivity index (χ0) is 16.9. The molecule has 0 aliphatic heterocycles. The van der Waals surface area contributed by atoms with Crippen LogP contribution in [0.1, 0.15) is 22.4 Å². The van der Waals surface area contributed by atoms with Crippen LogP contribution in [-0.4, -0.2) is 20.2 Å². The van der Waals surface area contributed by atoms with E-state index in [1.807, 2.05) is 18.2 Å². The SMILES string of the molecule is Cc1cc(C)c(Nc2nncc(NCc3ccccn3)n2)c(C)c1. The van der Waals surface area contributed by atoms with Gasteiger partial charge in [0, 0.05) is 11.9 Å². The maximum Gasteiger partial charge on any atom is 0.249 e. The highest BCUT2D eigenvalue weighted by molar-refractivity contribution is 5.64. The molecule has 0 atom stereocenters. The first kappa shape index (κ1) is 15.9. The van der Waals surface area contributed by atoms with Crippen molar-refractivity contribution in [3.8, 4) is 0 Å². The molecule has 1 aromatic carbocycles. The molecule has 0 aliphatic carbocycles. The van der Waals surface area contributed by atoms with Gasteiger partial charge in [0.25, 0.3) is 0 Å². The van der Waals surface area contributed by atoms with Crippen LogP contribution in [-0.2, 0) is 6.54 Å². The monoisotopic (exact) mass is 320 g/mol. The normalized spacial score (nSPS) is 10.5. The minimum Gasteiger partial charge on any atom is -0.363 e. The molecule has 0 unspecified atom stereocenters. The second-order valence-electron chi connectivity index (χ2n) is 5.74. The summed E-state index contributed by atoms with van der Waals surface area (Å²) in [6.07, 6.45) is 3.37. The topological polar surface area (TPSA) is 75.6 Å².